The van der Waals surface area contributed by atoms with E-state index in [4.69, 9.17) is 18.9 Å². The highest BCUT2D eigenvalue weighted by molar-refractivity contribution is 5.81. The zero-order valence-corrected chi connectivity index (χ0v) is 23.1. The minimum absolute atomic E-state index is 0.0795. The van der Waals surface area contributed by atoms with Crippen molar-refractivity contribution in [2.75, 3.05) is 6.61 Å². The van der Waals surface area contributed by atoms with E-state index in [0.29, 0.717) is 12.3 Å². The molecular formula is C31H36N2O7. The normalized spacial score (nSPS) is 11.6. The average molecular weight is 549 g/mol. The van der Waals surface area contributed by atoms with Gasteiger partial charge in [0, 0.05) is 13.0 Å². The van der Waals surface area contributed by atoms with Crippen LogP contribution in [-0.4, -0.2) is 36.4 Å². The van der Waals surface area contributed by atoms with Gasteiger partial charge >= 0.3 is 18.2 Å². The maximum atomic E-state index is 12.7. The molecule has 0 aromatic heterocycles. The van der Waals surface area contributed by atoms with Crippen molar-refractivity contribution in [3.8, 4) is 5.75 Å². The summed E-state index contributed by atoms with van der Waals surface area (Å²) in [7, 11) is 0. The zero-order valence-electron chi connectivity index (χ0n) is 23.1. The minimum atomic E-state index is -0.951. The van der Waals surface area contributed by atoms with E-state index in [1.165, 1.54) is 0 Å². The van der Waals surface area contributed by atoms with Crippen LogP contribution >= 0.6 is 0 Å². The van der Waals surface area contributed by atoms with Crippen LogP contribution in [0, 0.1) is 0 Å². The maximum Gasteiger partial charge on any atom is 0.408 e. The maximum absolute atomic E-state index is 12.7. The quantitative estimate of drug-likeness (QED) is 0.226. The number of hydrogen-bond acceptors (Lipinski definition) is 7. The minimum Gasteiger partial charge on any atom is -0.494 e. The molecule has 2 amide bonds. The second kappa shape index (κ2) is 15.2. The number of amides is 2. The SMILES string of the molecule is CC(C)(C)OC(=O)[C@H](CCOc1ccc(CNC(=O)OCc2ccccc2)cc1)NC(=O)OCc1ccccc1. The molecule has 0 bridgehead atoms. The highest BCUT2D eigenvalue weighted by Crippen LogP contribution is 2.15. The number of alkyl carbamates (subject to hydrolysis) is 2. The van der Waals surface area contributed by atoms with Gasteiger partial charge in [-0.2, -0.15) is 0 Å². The molecule has 9 heteroatoms. The van der Waals surface area contributed by atoms with E-state index in [-0.39, 0.29) is 26.2 Å². The van der Waals surface area contributed by atoms with Gasteiger partial charge in [-0.05, 0) is 49.6 Å². The molecule has 40 heavy (non-hydrogen) atoms. The topological polar surface area (TPSA) is 112 Å². The van der Waals surface area contributed by atoms with Crippen LogP contribution in [0.15, 0.2) is 84.9 Å². The van der Waals surface area contributed by atoms with E-state index >= 15 is 0 Å². The summed E-state index contributed by atoms with van der Waals surface area (Å²) in [6.45, 7) is 5.98. The first-order chi connectivity index (χ1) is 19.2. The molecular weight excluding hydrogens is 512 g/mol. The van der Waals surface area contributed by atoms with E-state index < -0.39 is 29.8 Å². The summed E-state index contributed by atoms with van der Waals surface area (Å²) < 4.78 is 21.7. The Labute approximate surface area is 234 Å². The molecule has 0 saturated heterocycles. The summed E-state index contributed by atoms with van der Waals surface area (Å²) in [6.07, 6.45) is -1.06. The molecule has 212 valence electrons. The molecule has 0 fully saturated rings. The van der Waals surface area contributed by atoms with E-state index in [9.17, 15) is 14.4 Å². The fraction of sp³-hybridized carbons (Fsp3) is 0.323. The molecule has 0 heterocycles. The van der Waals surface area contributed by atoms with Crippen LogP contribution in [0.1, 0.15) is 43.9 Å². The molecule has 0 aliphatic heterocycles. The van der Waals surface area contributed by atoms with Crippen molar-refractivity contribution in [1.29, 1.82) is 0 Å². The number of carbonyl (C=O) groups is 3. The Kier molecular flexibility index (Phi) is 11.4. The molecule has 0 saturated carbocycles. The second-order valence-electron chi connectivity index (χ2n) is 9.99. The summed E-state index contributed by atoms with van der Waals surface area (Å²) in [4.78, 5) is 37.0. The third-order valence-corrected chi connectivity index (χ3v) is 5.44. The van der Waals surface area contributed by atoms with Gasteiger partial charge in [0.2, 0.25) is 0 Å². The summed E-state index contributed by atoms with van der Waals surface area (Å²) >= 11 is 0. The highest BCUT2D eigenvalue weighted by Gasteiger charge is 2.27. The second-order valence-corrected chi connectivity index (χ2v) is 9.99. The molecule has 3 aromatic rings. The third kappa shape index (κ3) is 11.5. The Bertz CT molecular complexity index is 1210. The van der Waals surface area contributed by atoms with Gasteiger partial charge in [-0.15, -0.1) is 0 Å². The van der Waals surface area contributed by atoms with E-state index in [2.05, 4.69) is 10.6 Å². The van der Waals surface area contributed by atoms with Crippen molar-refractivity contribution in [3.05, 3.63) is 102 Å². The van der Waals surface area contributed by atoms with Crippen LogP contribution in [0.3, 0.4) is 0 Å². The standard InChI is InChI=1S/C31H36N2O7/c1-31(2,3)40-28(34)27(33-30(36)39-22-25-12-8-5-9-13-25)18-19-37-26-16-14-23(15-17-26)20-32-29(35)38-21-24-10-6-4-7-11-24/h4-17,27H,18-22H2,1-3H3,(H,32,35)(H,33,36)/t27-/m0/s1. The number of nitrogens with one attached hydrogen (secondary N) is 2. The Hall–Kier alpha value is -4.53. The van der Waals surface area contributed by atoms with E-state index in [1.807, 2.05) is 72.8 Å². The number of ether oxygens (including phenoxy) is 4. The summed E-state index contributed by atoms with van der Waals surface area (Å²) in [5, 5.41) is 5.30. The number of benzene rings is 3. The Morgan fingerprint density at radius 3 is 1.82 bits per heavy atom. The Morgan fingerprint density at radius 1 is 0.725 bits per heavy atom. The smallest absolute Gasteiger partial charge is 0.408 e. The average Bonchev–Trinajstić information content (AvgIpc) is 2.94. The van der Waals surface area contributed by atoms with Crippen LogP contribution in [0.25, 0.3) is 0 Å². The van der Waals surface area contributed by atoms with Crippen molar-refractivity contribution in [1.82, 2.24) is 10.6 Å². The molecule has 0 radical (unpaired) electrons. The predicted octanol–water partition coefficient (Wildman–Crippen LogP) is 5.52. The predicted molar refractivity (Wildman–Crippen MR) is 149 cm³/mol. The first-order valence-corrected chi connectivity index (χ1v) is 13.0. The van der Waals surface area contributed by atoms with Gasteiger partial charge in [0.15, 0.2) is 0 Å². The lowest BCUT2D eigenvalue weighted by Crippen LogP contribution is -2.45. The lowest BCUT2D eigenvalue weighted by Gasteiger charge is -2.24. The number of hydrogen-bond donors (Lipinski definition) is 2. The molecule has 1 atom stereocenters. The molecule has 0 unspecified atom stereocenters. The van der Waals surface area contributed by atoms with Crippen molar-refractivity contribution in [2.45, 2.75) is 58.6 Å². The number of esters is 1. The van der Waals surface area contributed by atoms with Crippen LogP contribution < -0.4 is 15.4 Å². The molecule has 9 nitrogen and oxygen atoms in total. The van der Waals surface area contributed by atoms with Crippen molar-refractivity contribution < 1.29 is 33.3 Å². The van der Waals surface area contributed by atoms with Gasteiger partial charge in [0.05, 0.1) is 6.61 Å². The Balaban J connectivity index is 1.44. The fourth-order valence-electron chi connectivity index (χ4n) is 3.48. The van der Waals surface area contributed by atoms with Gasteiger partial charge in [-0.3, -0.25) is 0 Å². The number of rotatable bonds is 12. The Morgan fingerprint density at radius 2 is 1.27 bits per heavy atom. The summed E-state index contributed by atoms with van der Waals surface area (Å²) in [5.74, 6) is -0.00155. The molecule has 0 spiro atoms. The first kappa shape index (κ1) is 30.0. The first-order valence-electron chi connectivity index (χ1n) is 13.0. The van der Waals surface area contributed by atoms with Gasteiger partial charge in [0.1, 0.15) is 30.6 Å². The number of carbonyl (C=O) groups excluding carboxylic acids is 3. The summed E-state index contributed by atoms with van der Waals surface area (Å²) in [6, 6.07) is 24.9. The largest absolute Gasteiger partial charge is 0.494 e. The molecule has 3 aromatic carbocycles. The van der Waals surface area contributed by atoms with Crippen LogP contribution in [0.4, 0.5) is 9.59 Å². The lowest BCUT2D eigenvalue weighted by molar-refractivity contribution is -0.157. The van der Waals surface area contributed by atoms with Crippen molar-refractivity contribution >= 4 is 18.2 Å². The van der Waals surface area contributed by atoms with Crippen LogP contribution in [0.2, 0.25) is 0 Å². The van der Waals surface area contributed by atoms with Crippen molar-refractivity contribution in [2.24, 2.45) is 0 Å². The van der Waals surface area contributed by atoms with E-state index in [1.54, 1.807) is 32.9 Å². The van der Waals surface area contributed by atoms with Gasteiger partial charge < -0.3 is 29.6 Å². The molecule has 2 N–H and O–H groups in total. The molecule has 0 aliphatic carbocycles. The van der Waals surface area contributed by atoms with Crippen LogP contribution in [0.5, 0.6) is 5.75 Å². The monoisotopic (exact) mass is 548 g/mol. The van der Waals surface area contributed by atoms with E-state index in [0.717, 1.165) is 16.7 Å². The highest BCUT2D eigenvalue weighted by atomic mass is 16.6. The van der Waals surface area contributed by atoms with Crippen LogP contribution in [-0.2, 0) is 38.8 Å². The third-order valence-electron chi connectivity index (χ3n) is 5.44. The summed E-state index contributed by atoms with van der Waals surface area (Å²) in [5.41, 5.74) is 1.88. The molecule has 3 rings (SSSR count). The fourth-order valence-corrected chi connectivity index (χ4v) is 3.48. The van der Waals surface area contributed by atoms with Gasteiger partial charge in [0.25, 0.3) is 0 Å². The molecule has 0 aliphatic rings. The lowest BCUT2D eigenvalue weighted by atomic mass is 10.1. The zero-order chi connectivity index (χ0) is 28.8. The van der Waals surface area contributed by atoms with Crippen molar-refractivity contribution in [3.63, 3.8) is 0 Å². The van der Waals surface area contributed by atoms with Gasteiger partial charge in [-0.1, -0.05) is 72.8 Å². The van der Waals surface area contributed by atoms with Gasteiger partial charge in [-0.25, -0.2) is 14.4 Å².